The number of nitriles is 1. The molecule has 1 radical (unpaired) electrons. The number of rotatable bonds is 2. The molecule has 0 aromatic heterocycles. The molecule has 1 nitrogen and oxygen atoms in total. The van der Waals surface area contributed by atoms with E-state index in [1.54, 1.807) is 6.08 Å². The Bertz CT molecular complexity index is 68.5. The highest BCUT2D eigenvalue weighted by Gasteiger charge is 1.70. The maximum absolute atomic E-state index is 7.84. The van der Waals surface area contributed by atoms with Crippen molar-refractivity contribution in [1.29, 1.82) is 5.26 Å². The molecule has 0 heterocycles. The van der Waals surface area contributed by atoms with Gasteiger partial charge in [0.05, 0.1) is 12.5 Å². The van der Waals surface area contributed by atoms with Crippen LogP contribution in [-0.4, -0.2) is 0 Å². The molecule has 0 amide bonds. The molecule has 0 rings (SSSR count). The van der Waals surface area contributed by atoms with Crippen LogP contribution in [0.5, 0.6) is 0 Å². The minimum Gasteiger partial charge on any atom is -0.198 e. The number of hydrogen-bond donors (Lipinski definition) is 0. The fourth-order valence-corrected chi connectivity index (χ4v) is 0.136. The molecule has 0 fully saturated rings. The van der Waals surface area contributed by atoms with Crippen LogP contribution in [0.4, 0.5) is 0 Å². The first-order chi connectivity index (χ1) is 2.91. The van der Waals surface area contributed by atoms with Crippen molar-refractivity contribution in [3.05, 3.63) is 19.1 Å². The second-order valence-corrected chi connectivity index (χ2v) is 0.858. The van der Waals surface area contributed by atoms with Gasteiger partial charge < -0.3 is 0 Å². The molecule has 31 valence electrons. The standard InChI is InChI=1S/C5H6N/c1-2-3-4-5-6/h2,4H,1,3H2. The van der Waals surface area contributed by atoms with E-state index in [1.165, 1.54) is 6.42 Å². The predicted octanol–water partition coefficient (Wildman–Crippen LogP) is 1.29. The predicted molar refractivity (Wildman–Crippen MR) is 24.7 cm³/mol. The largest absolute Gasteiger partial charge is 0.198 e. The van der Waals surface area contributed by atoms with E-state index in [0.29, 0.717) is 6.42 Å². The summed E-state index contributed by atoms with van der Waals surface area (Å²) in [7, 11) is 0. The monoisotopic (exact) mass is 80.1 g/mol. The number of nitrogens with zero attached hydrogens (tertiary/aromatic N) is 1. The van der Waals surface area contributed by atoms with Crippen molar-refractivity contribution in [2.24, 2.45) is 0 Å². The quantitative estimate of drug-likeness (QED) is 0.362. The summed E-state index contributed by atoms with van der Waals surface area (Å²) in [5.41, 5.74) is 0. The highest BCUT2D eigenvalue weighted by molar-refractivity contribution is 4.95. The third-order valence-corrected chi connectivity index (χ3v) is 0.376. The van der Waals surface area contributed by atoms with Gasteiger partial charge in [0.15, 0.2) is 0 Å². The van der Waals surface area contributed by atoms with Gasteiger partial charge in [-0.05, 0) is 6.42 Å². The summed E-state index contributed by atoms with van der Waals surface area (Å²) < 4.78 is 0. The Morgan fingerprint density at radius 3 is 2.67 bits per heavy atom. The zero-order valence-corrected chi connectivity index (χ0v) is 3.52. The number of hydrogen-bond acceptors (Lipinski definition) is 1. The highest BCUT2D eigenvalue weighted by atomic mass is 14.2. The van der Waals surface area contributed by atoms with Gasteiger partial charge >= 0.3 is 0 Å². The molecule has 1 heteroatoms. The number of unbranched alkanes of at least 4 members (excludes halogenated alkanes) is 1. The summed E-state index contributed by atoms with van der Waals surface area (Å²) in [6.45, 7) is 3.42. The number of allylic oxidation sites excluding steroid dienone is 1. The average molecular weight is 80.1 g/mol. The van der Waals surface area contributed by atoms with Crippen LogP contribution in [0, 0.1) is 17.8 Å². The maximum Gasteiger partial charge on any atom is 0.0672 e. The minimum absolute atomic E-state index is 0.691. The lowest BCUT2D eigenvalue weighted by atomic mass is 10.3. The van der Waals surface area contributed by atoms with Crippen LogP contribution in [0.3, 0.4) is 0 Å². The molecule has 0 spiro atoms. The zero-order valence-electron chi connectivity index (χ0n) is 3.52. The minimum atomic E-state index is 0.691. The lowest BCUT2D eigenvalue weighted by Gasteiger charge is -1.69. The molecule has 6 heavy (non-hydrogen) atoms. The molecule has 0 N–H and O–H groups in total. The van der Waals surface area contributed by atoms with E-state index in [2.05, 4.69) is 6.58 Å². The first-order valence-corrected chi connectivity index (χ1v) is 1.74. The first kappa shape index (κ1) is 5.23. The topological polar surface area (TPSA) is 23.8 Å². The van der Waals surface area contributed by atoms with E-state index in [9.17, 15) is 0 Å². The van der Waals surface area contributed by atoms with Crippen LogP contribution < -0.4 is 0 Å². The molecule has 0 aliphatic rings. The Labute approximate surface area is 37.9 Å². The van der Waals surface area contributed by atoms with Gasteiger partial charge in [0.25, 0.3) is 0 Å². The van der Waals surface area contributed by atoms with Gasteiger partial charge in [0.2, 0.25) is 0 Å². The van der Waals surface area contributed by atoms with Crippen molar-refractivity contribution >= 4 is 0 Å². The third-order valence-electron chi connectivity index (χ3n) is 0.376. The fraction of sp³-hybridized carbons (Fsp3) is 0.200. The van der Waals surface area contributed by atoms with Crippen molar-refractivity contribution in [2.45, 2.75) is 6.42 Å². The zero-order chi connectivity index (χ0) is 4.83. The molecule has 0 saturated carbocycles. The van der Waals surface area contributed by atoms with Crippen LogP contribution >= 0.6 is 0 Å². The Hall–Kier alpha value is -0.770. The van der Waals surface area contributed by atoms with E-state index in [-0.39, 0.29) is 0 Å². The van der Waals surface area contributed by atoms with Crippen molar-refractivity contribution < 1.29 is 0 Å². The fourth-order valence-electron chi connectivity index (χ4n) is 0.136. The maximum atomic E-state index is 7.84. The van der Waals surface area contributed by atoms with Gasteiger partial charge in [-0.3, -0.25) is 0 Å². The van der Waals surface area contributed by atoms with Gasteiger partial charge in [-0.15, -0.1) is 6.58 Å². The van der Waals surface area contributed by atoms with E-state index in [0.717, 1.165) is 0 Å². The summed E-state index contributed by atoms with van der Waals surface area (Å²) in [5.74, 6) is 0. The van der Waals surface area contributed by atoms with Gasteiger partial charge in [-0.2, -0.15) is 5.26 Å². The molecular weight excluding hydrogens is 74.1 g/mol. The van der Waals surface area contributed by atoms with Crippen LogP contribution in [0.1, 0.15) is 6.42 Å². The summed E-state index contributed by atoms with van der Waals surface area (Å²) in [5, 5.41) is 7.84. The molecule has 0 aliphatic carbocycles. The van der Waals surface area contributed by atoms with E-state index >= 15 is 0 Å². The molecule has 0 aromatic rings. The molecule has 0 atom stereocenters. The Kier molecular flexibility index (Phi) is 3.69. The van der Waals surface area contributed by atoms with Crippen molar-refractivity contribution in [3.63, 3.8) is 0 Å². The Morgan fingerprint density at radius 2 is 2.50 bits per heavy atom. The Morgan fingerprint density at radius 1 is 1.83 bits per heavy atom. The average Bonchev–Trinajstić information content (AvgIpc) is 1.61. The molecule has 0 unspecified atom stereocenters. The van der Waals surface area contributed by atoms with Crippen molar-refractivity contribution in [3.8, 4) is 6.07 Å². The van der Waals surface area contributed by atoms with Crippen LogP contribution in [0.25, 0.3) is 0 Å². The lowest BCUT2D eigenvalue weighted by molar-refractivity contribution is 1.29. The molecule has 0 aromatic carbocycles. The second kappa shape index (κ2) is 4.23. The van der Waals surface area contributed by atoms with Crippen molar-refractivity contribution in [1.82, 2.24) is 0 Å². The second-order valence-electron chi connectivity index (χ2n) is 0.858. The SMILES string of the molecule is C=CC[CH]C#N. The van der Waals surface area contributed by atoms with E-state index in [1.807, 2.05) is 6.07 Å². The normalized spacial score (nSPS) is 6.50. The van der Waals surface area contributed by atoms with Crippen LogP contribution in [0.15, 0.2) is 12.7 Å². The van der Waals surface area contributed by atoms with Crippen molar-refractivity contribution in [2.75, 3.05) is 0 Å². The van der Waals surface area contributed by atoms with E-state index in [4.69, 9.17) is 5.26 Å². The summed E-state index contributed by atoms with van der Waals surface area (Å²) >= 11 is 0. The summed E-state index contributed by atoms with van der Waals surface area (Å²) in [4.78, 5) is 0. The highest BCUT2D eigenvalue weighted by Crippen LogP contribution is 1.80. The lowest BCUT2D eigenvalue weighted by Crippen LogP contribution is -1.59. The van der Waals surface area contributed by atoms with Crippen LogP contribution in [-0.2, 0) is 0 Å². The van der Waals surface area contributed by atoms with Gasteiger partial charge in [-0.1, -0.05) is 6.08 Å². The van der Waals surface area contributed by atoms with Gasteiger partial charge in [-0.25, -0.2) is 0 Å². The molecule has 0 saturated heterocycles. The summed E-state index contributed by atoms with van der Waals surface area (Å²) in [6.07, 6.45) is 3.87. The Balaban J connectivity index is 2.72. The molecule has 0 bridgehead atoms. The molecule has 0 aliphatic heterocycles. The first-order valence-electron chi connectivity index (χ1n) is 1.74. The third kappa shape index (κ3) is 3.23. The van der Waals surface area contributed by atoms with Gasteiger partial charge in [0.1, 0.15) is 0 Å². The summed E-state index contributed by atoms with van der Waals surface area (Å²) in [6, 6.07) is 1.87. The smallest absolute Gasteiger partial charge is 0.0672 e. The molecular formula is C5H6N. The van der Waals surface area contributed by atoms with E-state index < -0.39 is 0 Å². The van der Waals surface area contributed by atoms with Gasteiger partial charge in [0, 0.05) is 0 Å². The van der Waals surface area contributed by atoms with Crippen LogP contribution in [0.2, 0.25) is 0 Å².